The molecule has 0 saturated carbocycles. The van der Waals surface area contributed by atoms with Crippen molar-refractivity contribution in [3.8, 4) is 0 Å². The number of nitrogens with one attached hydrogen (secondary N) is 1. The molecule has 1 aromatic rings. The number of alkyl carbamates (subject to hydrolysis) is 1. The lowest BCUT2D eigenvalue weighted by Gasteiger charge is -2.20. The predicted molar refractivity (Wildman–Crippen MR) is 64.4 cm³/mol. The zero-order chi connectivity index (χ0) is 13.1. The molecule has 0 aliphatic heterocycles. The van der Waals surface area contributed by atoms with E-state index in [1.165, 1.54) is 0 Å². The second-order valence-electron chi connectivity index (χ2n) is 4.87. The summed E-state index contributed by atoms with van der Waals surface area (Å²) in [7, 11) is 1.81. The van der Waals surface area contributed by atoms with E-state index in [4.69, 9.17) is 10.5 Å². The van der Waals surface area contributed by atoms with Gasteiger partial charge in [-0.2, -0.15) is 5.10 Å². The molecule has 0 bridgehead atoms. The van der Waals surface area contributed by atoms with Gasteiger partial charge in [-0.15, -0.1) is 0 Å². The van der Waals surface area contributed by atoms with Crippen molar-refractivity contribution in [1.82, 2.24) is 15.1 Å². The Kier molecular flexibility index (Phi) is 4.11. The van der Waals surface area contributed by atoms with Gasteiger partial charge in [0.15, 0.2) is 0 Å². The highest BCUT2D eigenvalue weighted by Crippen LogP contribution is 2.09. The van der Waals surface area contributed by atoms with Crippen molar-refractivity contribution < 1.29 is 9.53 Å². The summed E-state index contributed by atoms with van der Waals surface area (Å²) in [6.45, 7) is 5.75. The number of aryl methyl sites for hydroxylation is 1. The lowest BCUT2D eigenvalue weighted by atomic mass is 10.2. The van der Waals surface area contributed by atoms with Gasteiger partial charge in [0, 0.05) is 19.8 Å². The van der Waals surface area contributed by atoms with Crippen LogP contribution in [-0.2, 0) is 11.8 Å². The smallest absolute Gasteiger partial charge is 0.407 e. The molecule has 17 heavy (non-hydrogen) atoms. The molecule has 0 aromatic carbocycles. The van der Waals surface area contributed by atoms with Gasteiger partial charge in [0.2, 0.25) is 0 Å². The van der Waals surface area contributed by atoms with Crippen molar-refractivity contribution in [3.63, 3.8) is 0 Å². The minimum absolute atomic E-state index is 0.296. The SMILES string of the molecule is Cn1nccc1C(N)CNC(=O)OC(C)(C)C. The van der Waals surface area contributed by atoms with E-state index in [9.17, 15) is 4.79 Å². The molecule has 6 heteroatoms. The Morgan fingerprint density at radius 3 is 2.76 bits per heavy atom. The molecule has 1 rings (SSSR count). The average Bonchev–Trinajstić information content (AvgIpc) is 2.58. The minimum atomic E-state index is -0.499. The molecule has 1 heterocycles. The first-order valence-corrected chi connectivity index (χ1v) is 5.50. The van der Waals surface area contributed by atoms with Gasteiger partial charge >= 0.3 is 6.09 Å². The molecule has 1 atom stereocenters. The summed E-state index contributed by atoms with van der Waals surface area (Å²) in [4.78, 5) is 11.4. The number of ether oxygens (including phenoxy) is 1. The number of aromatic nitrogens is 2. The van der Waals surface area contributed by atoms with Gasteiger partial charge in [0.1, 0.15) is 5.60 Å². The van der Waals surface area contributed by atoms with Crippen LogP contribution in [0.4, 0.5) is 4.79 Å². The number of nitrogens with two attached hydrogens (primary N) is 1. The molecule has 0 spiro atoms. The Morgan fingerprint density at radius 1 is 1.65 bits per heavy atom. The van der Waals surface area contributed by atoms with Gasteiger partial charge in [-0.1, -0.05) is 0 Å². The number of hydrogen-bond donors (Lipinski definition) is 2. The first-order chi connectivity index (χ1) is 7.79. The van der Waals surface area contributed by atoms with E-state index in [2.05, 4.69) is 10.4 Å². The van der Waals surface area contributed by atoms with E-state index in [1.54, 1.807) is 10.9 Å². The van der Waals surface area contributed by atoms with Gasteiger partial charge < -0.3 is 15.8 Å². The number of carbonyl (C=O) groups is 1. The van der Waals surface area contributed by atoms with Crippen LogP contribution in [0.1, 0.15) is 32.5 Å². The van der Waals surface area contributed by atoms with Gasteiger partial charge in [-0.05, 0) is 26.8 Å². The van der Waals surface area contributed by atoms with E-state index >= 15 is 0 Å². The van der Waals surface area contributed by atoms with E-state index in [-0.39, 0.29) is 6.04 Å². The summed E-state index contributed by atoms with van der Waals surface area (Å²) in [6, 6.07) is 1.52. The van der Waals surface area contributed by atoms with Crippen molar-refractivity contribution in [2.75, 3.05) is 6.54 Å². The standard InChI is InChI=1S/C11H20N4O2/c1-11(2,3)17-10(16)13-7-8(12)9-5-6-14-15(9)4/h5-6,8H,7,12H2,1-4H3,(H,13,16). The van der Waals surface area contributed by atoms with Crippen molar-refractivity contribution in [1.29, 1.82) is 0 Å². The van der Waals surface area contributed by atoms with Gasteiger partial charge in [0.05, 0.1) is 11.7 Å². The highest BCUT2D eigenvalue weighted by molar-refractivity contribution is 5.67. The average molecular weight is 240 g/mol. The summed E-state index contributed by atoms with van der Waals surface area (Å²) in [6.07, 6.45) is 1.21. The maximum absolute atomic E-state index is 11.4. The third-order valence-corrected chi connectivity index (χ3v) is 2.10. The van der Waals surface area contributed by atoms with Crippen LogP contribution in [0.2, 0.25) is 0 Å². The topological polar surface area (TPSA) is 82.2 Å². The lowest BCUT2D eigenvalue weighted by Crippen LogP contribution is -2.37. The number of nitrogens with zero attached hydrogens (tertiary/aromatic N) is 2. The molecule has 1 unspecified atom stereocenters. The highest BCUT2D eigenvalue weighted by atomic mass is 16.6. The lowest BCUT2D eigenvalue weighted by molar-refractivity contribution is 0.0524. The van der Waals surface area contributed by atoms with Gasteiger partial charge in [-0.25, -0.2) is 4.79 Å². The van der Waals surface area contributed by atoms with Crippen molar-refractivity contribution >= 4 is 6.09 Å². The van der Waals surface area contributed by atoms with Crippen molar-refractivity contribution in [2.45, 2.75) is 32.4 Å². The summed E-state index contributed by atoms with van der Waals surface area (Å²) in [5.74, 6) is 0. The Bertz CT molecular complexity index is 381. The first kappa shape index (κ1) is 13.5. The quantitative estimate of drug-likeness (QED) is 0.824. The summed E-state index contributed by atoms with van der Waals surface area (Å²) in [5, 5.41) is 6.64. The van der Waals surface area contributed by atoms with Crippen molar-refractivity contribution in [3.05, 3.63) is 18.0 Å². The van der Waals surface area contributed by atoms with Crippen molar-refractivity contribution in [2.24, 2.45) is 12.8 Å². The van der Waals surface area contributed by atoms with Crippen LogP contribution >= 0.6 is 0 Å². The monoisotopic (exact) mass is 240 g/mol. The van der Waals surface area contributed by atoms with Crippen LogP contribution in [0.5, 0.6) is 0 Å². The maximum atomic E-state index is 11.4. The third kappa shape index (κ3) is 4.44. The molecule has 0 saturated heterocycles. The fourth-order valence-corrected chi connectivity index (χ4v) is 1.36. The second kappa shape index (κ2) is 5.18. The predicted octanol–water partition coefficient (Wildman–Crippen LogP) is 0.945. The molecule has 1 amide bonds. The van der Waals surface area contributed by atoms with E-state index in [0.717, 1.165) is 5.69 Å². The fraction of sp³-hybridized carbons (Fsp3) is 0.636. The number of amides is 1. The molecular formula is C11H20N4O2. The number of rotatable bonds is 3. The molecule has 6 nitrogen and oxygen atoms in total. The van der Waals surface area contributed by atoms with E-state index < -0.39 is 11.7 Å². The minimum Gasteiger partial charge on any atom is -0.444 e. The van der Waals surface area contributed by atoms with Crippen LogP contribution in [-0.4, -0.2) is 28.0 Å². The molecule has 0 aliphatic carbocycles. The molecule has 0 aliphatic rings. The first-order valence-electron chi connectivity index (χ1n) is 5.50. The normalized spacial score (nSPS) is 13.2. The van der Waals surface area contributed by atoms with Crippen LogP contribution in [0.25, 0.3) is 0 Å². The zero-order valence-corrected chi connectivity index (χ0v) is 10.7. The van der Waals surface area contributed by atoms with Gasteiger partial charge in [-0.3, -0.25) is 4.68 Å². The second-order valence-corrected chi connectivity index (χ2v) is 4.87. The summed E-state index contributed by atoms with van der Waals surface area (Å²) >= 11 is 0. The van der Waals surface area contributed by atoms with E-state index in [0.29, 0.717) is 6.54 Å². The Hall–Kier alpha value is -1.56. The molecule has 0 fully saturated rings. The molecular weight excluding hydrogens is 220 g/mol. The van der Waals surface area contributed by atoms with Crippen LogP contribution in [0, 0.1) is 0 Å². The molecule has 3 N–H and O–H groups in total. The summed E-state index contributed by atoms with van der Waals surface area (Å²) < 4.78 is 6.79. The van der Waals surface area contributed by atoms with Crippen LogP contribution < -0.4 is 11.1 Å². The largest absolute Gasteiger partial charge is 0.444 e. The maximum Gasteiger partial charge on any atom is 0.407 e. The van der Waals surface area contributed by atoms with Crippen LogP contribution in [0.3, 0.4) is 0 Å². The Morgan fingerprint density at radius 2 is 2.29 bits per heavy atom. The Balaban J connectivity index is 2.41. The molecule has 0 radical (unpaired) electrons. The Labute approximate surface area is 101 Å². The number of hydrogen-bond acceptors (Lipinski definition) is 4. The third-order valence-electron chi connectivity index (χ3n) is 2.10. The van der Waals surface area contributed by atoms with Gasteiger partial charge in [0.25, 0.3) is 0 Å². The summed E-state index contributed by atoms with van der Waals surface area (Å²) in [5.41, 5.74) is 6.28. The zero-order valence-electron chi connectivity index (χ0n) is 10.7. The number of carbonyl (C=O) groups excluding carboxylic acids is 1. The molecule has 96 valence electrons. The highest BCUT2D eigenvalue weighted by Gasteiger charge is 2.17. The fourth-order valence-electron chi connectivity index (χ4n) is 1.36. The molecule has 1 aromatic heterocycles. The van der Waals surface area contributed by atoms with E-state index in [1.807, 2.05) is 33.9 Å². The van der Waals surface area contributed by atoms with Crippen LogP contribution in [0.15, 0.2) is 12.3 Å².